The zero-order valence-electron chi connectivity index (χ0n) is 8.66. The van der Waals surface area contributed by atoms with Crippen LogP contribution in [-0.4, -0.2) is 32.0 Å². The number of carbonyl (C=O) groups excluding carboxylic acids is 1. The van der Waals surface area contributed by atoms with Gasteiger partial charge in [-0.15, -0.1) is 0 Å². The Hall–Kier alpha value is -1.51. The summed E-state index contributed by atoms with van der Waals surface area (Å²) in [5, 5.41) is 3.13. The molecule has 0 aliphatic heterocycles. The molecule has 0 fully saturated rings. The van der Waals surface area contributed by atoms with Crippen LogP contribution in [0.4, 0.5) is 5.69 Å². The van der Waals surface area contributed by atoms with Crippen LogP contribution in [0.5, 0.6) is 0 Å². The number of nitrogens with one attached hydrogen (secondary N) is 1. The molecular formula is C11H16N2O. The van der Waals surface area contributed by atoms with Gasteiger partial charge in [0.25, 0.3) is 0 Å². The molecule has 1 rings (SSSR count). The van der Waals surface area contributed by atoms with Gasteiger partial charge < -0.3 is 10.2 Å². The van der Waals surface area contributed by atoms with Crippen LogP contribution in [-0.2, 0) is 11.2 Å². The van der Waals surface area contributed by atoms with Crippen LogP contribution in [0.3, 0.4) is 0 Å². The number of rotatable bonds is 5. The largest absolute Gasteiger partial charge is 0.388 e. The number of benzene rings is 1. The van der Waals surface area contributed by atoms with Crippen LogP contribution >= 0.6 is 0 Å². The number of likely N-dealkylation sites (N-methyl/N-ethyl adjacent to an activating group) is 1. The second-order valence-corrected chi connectivity index (χ2v) is 3.24. The van der Waals surface area contributed by atoms with Crippen LogP contribution in [0.15, 0.2) is 24.3 Å². The molecule has 0 aliphatic rings. The van der Waals surface area contributed by atoms with Gasteiger partial charge in [0.2, 0.25) is 6.41 Å². The van der Waals surface area contributed by atoms with Crippen molar-refractivity contribution in [1.82, 2.24) is 4.90 Å². The first kappa shape index (κ1) is 10.6. The van der Waals surface area contributed by atoms with Gasteiger partial charge in [-0.05, 0) is 18.1 Å². The third-order valence-electron chi connectivity index (χ3n) is 2.20. The number of para-hydroxylation sites is 1. The van der Waals surface area contributed by atoms with E-state index in [1.807, 2.05) is 25.2 Å². The van der Waals surface area contributed by atoms with E-state index in [2.05, 4.69) is 11.4 Å². The number of anilines is 1. The topological polar surface area (TPSA) is 32.3 Å². The van der Waals surface area contributed by atoms with Gasteiger partial charge in [-0.2, -0.15) is 0 Å². The van der Waals surface area contributed by atoms with Gasteiger partial charge in [-0.1, -0.05) is 18.2 Å². The summed E-state index contributed by atoms with van der Waals surface area (Å²) in [6.45, 7) is 0.752. The van der Waals surface area contributed by atoms with Crippen molar-refractivity contribution in [1.29, 1.82) is 0 Å². The Balaban J connectivity index is 2.61. The molecule has 0 atom stereocenters. The fourth-order valence-electron chi connectivity index (χ4n) is 1.33. The molecule has 0 radical (unpaired) electrons. The molecule has 1 N–H and O–H groups in total. The Morgan fingerprint density at radius 1 is 1.43 bits per heavy atom. The van der Waals surface area contributed by atoms with Crippen molar-refractivity contribution in [2.75, 3.05) is 26.0 Å². The minimum absolute atomic E-state index is 0.752. The highest BCUT2D eigenvalue weighted by Crippen LogP contribution is 2.14. The van der Waals surface area contributed by atoms with E-state index in [0.717, 1.165) is 25.1 Å². The van der Waals surface area contributed by atoms with E-state index in [1.54, 1.807) is 11.9 Å². The van der Waals surface area contributed by atoms with E-state index in [1.165, 1.54) is 5.56 Å². The number of hydrogen-bond donors (Lipinski definition) is 1. The van der Waals surface area contributed by atoms with Gasteiger partial charge in [0.05, 0.1) is 0 Å². The lowest BCUT2D eigenvalue weighted by atomic mass is 10.1. The van der Waals surface area contributed by atoms with Gasteiger partial charge in [0, 0.05) is 26.3 Å². The van der Waals surface area contributed by atoms with E-state index in [9.17, 15) is 4.79 Å². The zero-order valence-corrected chi connectivity index (χ0v) is 8.66. The Morgan fingerprint density at radius 2 is 2.14 bits per heavy atom. The second-order valence-electron chi connectivity index (χ2n) is 3.24. The highest BCUT2D eigenvalue weighted by molar-refractivity contribution is 5.51. The Kier molecular flexibility index (Phi) is 3.98. The summed E-state index contributed by atoms with van der Waals surface area (Å²) in [5.74, 6) is 0. The fourth-order valence-corrected chi connectivity index (χ4v) is 1.33. The minimum atomic E-state index is 0.752. The van der Waals surface area contributed by atoms with Gasteiger partial charge in [-0.3, -0.25) is 4.79 Å². The quantitative estimate of drug-likeness (QED) is 0.714. The molecule has 0 heterocycles. The van der Waals surface area contributed by atoms with E-state index in [-0.39, 0.29) is 0 Å². The number of carbonyl (C=O) groups is 1. The molecule has 1 aromatic rings. The van der Waals surface area contributed by atoms with Crippen molar-refractivity contribution in [2.45, 2.75) is 6.42 Å². The summed E-state index contributed by atoms with van der Waals surface area (Å²) in [7, 11) is 3.69. The van der Waals surface area contributed by atoms with Gasteiger partial charge in [0.15, 0.2) is 0 Å². The SMILES string of the molecule is CNc1ccccc1CCN(C)C=O. The van der Waals surface area contributed by atoms with Gasteiger partial charge in [-0.25, -0.2) is 0 Å². The minimum Gasteiger partial charge on any atom is -0.388 e. The zero-order chi connectivity index (χ0) is 10.4. The van der Waals surface area contributed by atoms with E-state index < -0.39 is 0 Å². The van der Waals surface area contributed by atoms with Crippen molar-refractivity contribution in [3.05, 3.63) is 29.8 Å². The molecule has 0 bridgehead atoms. The molecule has 14 heavy (non-hydrogen) atoms. The van der Waals surface area contributed by atoms with Crippen LogP contribution in [0, 0.1) is 0 Å². The lowest BCUT2D eigenvalue weighted by Crippen LogP contribution is -2.19. The Labute approximate surface area is 84.7 Å². The number of amides is 1. The second kappa shape index (κ2) is 5.27. The maximum Gasteiger partial charge on any atom is 0.209 e. The van der Waals surface area contributed by atoms with E-state index >= 15 is 0 Å². The molecule has 1 aromatic carbocycles. The highest BCUT2D eigenvalue weighted by Gasteiger charge is 2.00. The summed E-state index contributed by atoms with van der Waals surface area (Å²) in [5.41, 5.74) is 2.37. The summed E-state index contributed by atoms with van der Waals surface area (Å²) in [6.07, 6.45) is 1.73. The first-order valence-electron chi connectivity index (χ1n) is 4.69. The first-order chi connectivity index (χ1) is 6.77. The number of hydrogen-bond acceptors (Lipinski definition) is 2. The normalized spacial score (nSPS) is 9.57. The third-order valence-corrected chi connectivity index (χ3v) is 2.20. The van der Waals surface area contributed by atoms with E-state index in [0.29, 0.717) is 0 Å². The van der Waals surface area contributed by atoms with Crippen molar-refractivity contribution < 1.29 is 4.79 Å². The number of nitrogens with zero attached hydrogens (tertiary/aromatic N) is 1. The molecule has 3 heteroatoms. The van der Waals surface area contributed by atoms with Crippen LogP contribution in [0.25, 0.3) is 0 Å². The highest BCUT2D eigenvalue weighted by atomic mass is 16.1. The molecular weight excluding hydrogens is 176 g/mol. The maximum atomic E-state index is 10.4. The smallest absolute Gasteiger partial charge is 0.209 e. The molecule has 0 aromatic heterocycles. The predicted molar refractivity (Wildman–Crippen MR) is 58.4 cm³/mol. The predicted octanol–water partition coefficient (Wildman–Crippen LogP) is 1.36. The van der Waals surface area contributed by atoms with Crippen molar-refractivity contribution >= 4 is 12.1 Å². The molecule has 0 saturated carbocycles. The maximum absolute atomic E-state index is 10.4. The molecule has 3 nitrogen and oxygen atoms in total. The molecule has 1 amide bonds. The van der Waals surface area contributed by atoms with Crippen LogP contribution < -0.4 is 5.32 Å². The monoisotopic (exact) mass is 192 g/mol. The average molecular weight is 192 g/mol. The van der Waals surface area contributed by atoms with Gasteiger partial charge in [0.1, 0.15) is 0 Å². The Bertz CT molecular complexity index is 299. The van der Waals surface area contributed by atoms with Crippen LogP contribution in [0.1, 0.15) is 5.56 Å². The van der Waals surface area contributed by atoms with Crippen molar-refractivity contribution in [2.24, 2.45) is 0 Å². The summed E-state index contributed by atoms with van der Waals surface area (Å²) in [4.78, 5) is 12.0. The first-order valence-corrected chi connectivity index (χ1v) is 4.69. The molecule has 0 saturated heterocycles. The fraction of sp³-hybridized carbons (Fsp3) is 0.364. The van der Waals surface area contributed by atoms with Crippen molar-refractivity contribution in [3.8, 4) is 0 Å². The summed E-state index contributed by atoms with van der Waals surface area (Å²) in [6, 6.07) is 8.12. The lowest BCUT2D eigenvalue weighted by Gasteiger charge is -2.12. The van der Waals surface area contributed by atoms with E-state index in [4.69, 9.17) is 0 Å². The van der Waals surface area contributed by atoms with Crippen molar-refractivity contribution in [3.63, 3.8) is 0 Å². The van der Waals surface area contributed by atoms with Gasteiger partial charge >= 0.3 is 0 Å². The standard InChI is InChI=1S/C11H16N2O/c1-12-11-6-4-3-5-10(11)7-8-13(2)9-14/h3-6,9,12H,7-8H2,1-2H3. The molecule has 0 unspecified atom stereocenters. The summed E-state index contributed by atoms with van der Waals surface area (Å²) < 4.78 is 0. The summed E-state index contributed by atoms with van der Waals surface area (Å²) >= 11 is 0. The average Bonchev–Trinajstić information content (AvgIpc) is 2.26. The lowest BCUT2D eigenvalue weighted by molar-refractivity contribution is -0.116. The molecule has 0 aliphatic carbocycles. The Morgan fingerprint density at radius 3 is 2.79 bits per heavy atom. The molecule has 0 spiro atoms. The molecule has 76 valence electrons. The van der Waals surface area contributed by atoms with Crippen LogP contribution in [0.2, 0.25) is 0 Å². The third kappa shape index (κ3) is 2.76.